The van der Waals surface area contributed by atoms with Crippen molar-refractivity contribution in [2.24, 2.45) is 0 Å². The minimum absolute atomic E-state index is 0.0500. The van der Waals surface area contributed by atoms with Crippen molar-refractivity contribution < 1.29 is 9.72 Å². The maximum absolute atomic E-state index is 12.2. The summed E-state index contributed by atoms with van der Waals surface area (Å²) in [5, 5.41) is 16.6. The zero-order valence-electron chi connectivity index (χ0n) is 11.1. The number of hydrogen-bond donors (Lipinski definition) is 2. The Morgan fingerprint density at radius 1 is 1.24 bits per heavy atom. The van der Waals surface area contributed by atoms with Gasteiger partial charge in [-0.15, -0.1) is 0 Å². The zero-order valence-corrected chi connectivity index (χ0v) is 11.1. The normalized spacial score (nSPS) is 12.4. The van der Waals surface area contributed by atoms with Crippen LogP contribution in [0.2, 0.25) is 0 Å². The fourth-order valence-corrected chi connectivity index (χ4v) is 2.35. The molecule has 0 spiro atoms. The molecule has 1 aliphatic rings. The van der Waals surface area contributed by atoms with E-state index in [4.69, 9.17) is 0 Å². The lowest BCUT2D eigenvalue weighted by molar-refractivity contribution is -0.384. The lowest BCUT2D eigenvalue weighted by Crippen LogP contribution is -2.12. The Hall–Kier alpha value is -2.89. The summed E-state index contributed by atoms with van der Waals surface area (Å²) in [5.74, 6) is -0.273. The molecule has 6 heteroatoms. The van der Waals surface area contributed by atoms with Gasteiger partial charge in [0.1, 0.15) is 0 Å². The number of fused-ring (bicyclic) bond motifs is 1. The van der Waals surface area contributed by atoms with Crippen molar-refractivity contribution in [1.29, 1.82) is 0 Å². The maximum Gasteiger partial charge on any atom is 0.271 e. The Labute approximate surface area is 120 Å². The van der Waals surface area contributed by atoms with E-state index in [1.807, 2.05) is 12.1 Å². The highest BCUT2D eigenvalue weighted by Crippen LogP contribution is 2.24. The van der Waals surface area contributed by atoms with E-state index in [0.29, 0.717) is 11.3 Å². The molecule has 21 heavy (non-hydrogen) atoms. The number of amides is 1. The second-order valence-corrected chi connectivity index (χ2v) is 4.81. The molecule has 0 fully saturated rings. The van der Waals surface area contributed by atoms with Crippen LogP contribution in [-0.4, -0.2) is 17.4 Å². The van der Waals surface area contributed by atoms with Crippen molar-refractivity contribution in [3.05, 3.63) is 63.7 Å². The van der Waals surface area contributed by atoms with Gasteiger partial charge in [0.2, 0.25) is 0 Å². The predicted octanol–water partition coefficient (Wildman–Crippen LogP) is 2.82. The van der Waals surface area contributed by atoms with Crippen LogP contribution in [0.3, 0.4) is 0 Å². The Morgan fingerprint density at radius 2 is 2.10 bits per heavy atom. The summed E-state index contributed by atoms with van der Waals surface area (Å²) in [7, 11) is 0. The molecule has 1 aliphatic heterocycles. The molecule has 1 amide bonds. The first-order valence-electron chi connectivity index (χ1n) is 6.56. The summed E-state index contributed by atoms with van der Waals surface area (Å²) in [6, 6.07) is 11.4. The van der Waals surface area contributed by atoms with E-state index in [-0.39, 0.29) is 11.6 Å². The van der Waals surface area contributed by atoms with Gasteiger partial charge in [0.05, 0.1) is 4.92 Å². The number of nitrogens with zero attached hydrogens (tertiary/aromatic N) is 1. The van der Waals surface area contributed by atoms with Gasteiger partial charge in [-0.1, -0.05) is 6.07 Å². The highest BCUT2D eigenvalue weighted by molar-refractivity contribution is 6.04. The van der Waals surface area contributed by atoms with Gasteiger partial charge in [0.15, 0.2) is 0 Å². The van der Waals surface area contributed by atoms with Crippen LogP contribution in [0.4, 0.5) is 17.1 Å². The number of carbonyl (C=O) groups excluding carboxylic acids is 1. The van der Waals surface area contributed by atoms with Crippen LogP contribution in [0.1, 0.15) is 15.9 Å². The fraction of sp³-hybridized carbons (Fsp3) is 0.133. The number of anilines is 2. The van der Waals surface area contributed by atoms with Crippen LogP contribution < -0.4 is 10.6 Å². The van der Waals surface area contributed by atoms with Crippen LogP contribution in [0.5, 0.6) is 0 Å². The molecule has 0 unspecified atom stereocenters. The standard InChI is InChI=1S/C15H13N3O3/c19-15(11-4-5-14-10(8-11)6-7-16-14)17-12-2-1-3-13(9-12)18(20)21/h1-5,8-9,16H,6-7H2,(H,17,19). The topological polar surface area (TPSA) is 84.3 Å². The first-order valence-corrected chi connectivity index (χ1v) is 6.56. The SMILES string of the molecule is O=C(Nc1cccc([N+](=O)[O-])c1)c1ccc2c(c1)CCN2. The van der Waals surface area contributed by atoms with E-state index < -0.39 is 4.92 Å². The largest absolute Gasteiger partial charge is 0.384 e. The first kappa shape index (κ1) is 13.1. The summed E-state index contributed by atoms with van der Waals surface area (Å²) >= 11 is 0. The molecule has 0 radical (unpaired) electrons. The van der Waals surface area contributed by atoms with Crippen LogP contribution in [0.15, 0.2) is 42.5 Å². The quantitative estimate of drug-likeness (QED) is 0.670. The predicted molar refractivity (Wildman–Crippen MR) is 79.7 cm³/mol. The number of rotatable bonds is 3. The summed E-state index contributed by atoms with van der Waals surface area (Å²) in [6.45, 7) is 0.880. The second-order valence-electron chi connectivity index (χ2n) is 4.81. The molecule has 6 nitrogen and oxygen atoms in total. The molecule has 0 aliphatic carbocycles. The number of nitro benzene ring substituents is 1. The van der Waals surface area contributed by atoms with E-state index in [1.54, 1.807) is 18.2 Å². The van der Waals surface area contributed by atoms with Crippen LogP contribution in [0, 0.1) is 10.1 Å². The molecule has 0 aromatic heterocycles. The van der Waals surface area contributed by atoms with Gasteiger partial charge in [0, 0.05) is 35.6 Å². The van der Waals surface area contributed by atoms with Crippen molar-refractivity contribution in [2.75, 3.05) is 17.2 Å². The van der Waals surface area contributed by atoms with Crippen molar-refractivity contribution in [1.82, 2.24) is 0 Å². The molecule has 0 saturated carbocycles. The van der Waals surface area contributed by atoms with Gasteiger partial charge in [0.25, 0.3) is 11.6 Å². The monoisotopic (exact) mass is 283 g/mol. The molecule has 0 saturated heterocycles. The van der Waals surface area contributed by atoms with Crippen molar-refractivity contribution >= 4 is 23.0 Å². The van der Waals surface area contributed by atoms with Crippen molar-refractivity contribution in [2.45, 2.75) is 6.42 Å². The molecule has 106 valence electrons. The van der Waals surface area contributed by atoms with Crippen molar-refractivity contribution in [3.63, 3.8) is 0 Å². The Kier molecular flexibility index (Phi) is 3.27. The summed E-state index contributed by atoms with van der Waals surface area (Å²) in [5.41, 5.74) is 3.08. The van der Waals surface area contributed by atoms with Gasteiger partial charge in [-0.25, -0.2) is 0 Å². The first-order chi connectivity index (χ1) is 10.1. The van der Waals surface area contributed by atoms with Gasteiger partial charge in [-0.3, -0.25) is 14.9 Å². The zero-order chi connectivity index (χ0) is 14.8. The summed E-state index contributed by atoms with van der Waals surface area (Å²) in [6.07, 6.45) is 0.896. The van der Waals surface area contributed by atoms with Crippen LogP contribution in [-0.2, 0) is 6.42 Å². The molecule has 0 atom stereocenters. The van der Waals surface area contributed by atoms with E-state index in [2.05, 4.69) is 10.6 Å². The number of nitrogens with one attached hydrogen (secondary N) is 2. The smallest absolute Gasteiger partial charge is 0.271 e. The van der Waals surface area contributed by atoms with Gasteiger partial charge in [-0.05, 0) is 36.2 Å². The molecule has 2 N–H and O–H groups in total. The van der Waals surface area contributed by atoms with Crippen LogP contribution in [0.25, 0.3) is 0 Å². The molecular weight excluding hydrogens is 270 g/mol. The van der Waals surface area contributed by atoms with Crippen LogP contribution >= 0.6 is 0 Å². The highest BCUT2D eigenvalue weighted by Gasteiger charge is 2.14. The third-order valence-electron chi connectivity index (χ3n) is 3.39. The number of carbonyl (C=O) groups is 1. The van der Waals surface area contributed by atoms with E-state index in [1.165, 1.54) is 12.1 Å². The lowest BCUT2D eigenvalue weighted by Gasteiger charge is -2.07. The minimum Gasteiger partial charge on any atom is -0.384 e. The molecule has 1 heterocycles. The minimum atomic E-state index is -0.489. The van der Waals surface area contributed by atoms with E-state index in [9.17, 15) is 14.9 Å². The number of non-ortho nitro benzene ring substituents is 1. The average Bonchev–Trinajstić information content (AvgIpc) is 2.94. The Bertz CT molecular complexity index is 728. The highest BCUT2D eigenvalue weighted by atomic mass is 16.6. The molecule has 2 aromatic carbocycles. The summed E-state index contributed by atoms with van der Waals surface area (Å²) < 4.78 is 0. The number of hydrogen-bond acceptors (Lipinski definition) is 4. The lowest BCUT2D eigenvalue weighted by atomic mass is 10.1. The molecule has 3 rings (SSSR count). The number of benzene rings is 2. The van der Waals surface area contributed by atoms with E-state index in [0.717, 1.165) is 24.2 Å². The van der Waals surface area contributed by atoms with Crippen molar-refractivity contribution in [3.8, 4) is 0 Å². The molecule has 0 bridgehead atoms. The Balaban J connectivity index is 1.80. The average molecular weight is 283 g/mol. The van der Waals surface area contributed by atoms with Gasteiger partial charge < -0.3 is 10.6 Å². The number of nitro groups is 1. The second kappa shape index (κ2) is 5.24. The Morgan fingerprint density at radius 3 is 2.90 bits per heavy atom. The van der Waals surface area contributed by atoms with E-state index >= 15 is 0 Å². The third-order valence-corrected chi connectivity index (χ3v) is 3.39. The van der Waals surface area contributed by atoms with Gasteiger partial charge >= 0.3 is 0 Å². The fourth-order valence-electron chi connectivity index (χ4n) is 2.35. The molecule has 2 aromatic rings. The maximum atomic E-state index is 12.2. The third kappa shape index (κ3) is 2.69. The van der Waals surface area contributed by atoms with Gasteiger partial charge in [-0.2, -0.15) is 0 Å². The summed E-state index contributed by atoms with van der Waals surface area (Å²) in [4.78, 5) is 22.4. The molecular formula is C15H13N3O3.